The Bertz CT molecular complexity index is 803. The predicted molar refractivity (Wildman–Crippen MR) is 87.0 cm³/mol. The Kier molecular flexibility index (Phi) is 3.70. The zero-order valence-electron chi connectivity index (χ0n) is 12.5. The van der Waals surface area contributed by atoms with Gasteiger partial charge in [-0.05, 0) is 49.2 Å². The fourth-order valence-electron chi connectivity index (χ4n) is 2.63. The van der Waals surface area contributed by atoms with Crippen LogP contribution in [0.5, 0.6) is 5.75 Å². The fourth-order valence-corrected chi connectivity index (χ4v) is 3.75. The number of para-hydroxylation sites is 2. The van der Waals surface area contributed by atoms with E-state index in [9.17, 15) is 8.42 Å². The van der Waals surface area contributed by atoms with Crippen molar-refractivity contribution in [2.75, 3.05) is 17.1 Å². The van der Waals surface area contributed by atoms with Crippen LogP contribution in [0.3, 0.4) is 0 Å². The lowest BCUT2D eigenvalue weighted by Crippen LogP contribution is -2.13. The molecule has 0 aliphatic carbocycles. The Morgan fingerprint density at radius 3 is 2.77 bits per heavy atom. The van der Waals surface area contributed by atoms with Crippen molar-refractivity contribution in [2.45, 2.75) is 24.3 Å². The third-order valence-corrected chi connectivity index (χ3v) is 5.03. The van der Waals surface area contributed by atoms with Crippen LogP contribution in [0, 0.1) is 0 Å². The number of hydrogen-bond donors (Lipinski definition) is 2. The Labute approximate surface area is 130 Å². The summed E-state index contributed by atoms with van der Waals surface area (Å²) in [5.74, 6) is 0.488. The van der Waals surface area contributed by atoms with E-state index in [-0.39, 0.29) is 4.90 Å². The number of anilines is 2. The van der Waals surface area contributed by atoms with Crippen LogP contribution < -0.4 is 14.8 Å². The molecule has 0 fully saturated rings. The molecule has 0 aromatic heterocycles. The average molecular weight is 318 g/mol. The first-order valence-electron chi connectivity index (χ1n) is 7.05. The number of hydrogen-bond acceptors (Lipinski definition) is 4. The van der Waals surface area contributed by atoms with Gasteiger partial charge in [-0.2, -0.15) is 0 Å². The van der Waals surface area contributed by atoms with E-state index in [1.165, 1.54) is 7.11 Å². The van der Waals surface area contributed by atoms with Crippen molar-refractivity contribution in [3.05, 3.63) is 48.0 Å². The van der Waals surface area contributed by atoms with Crippen LogP contribution in [-0.4, -0.2) is 21.6 Å². The molecule has 0 amide bonds. The molecule has 6 heteroatoms. The smallest absolute Gasteiger partial charge is 0.262 e. The van der Waals surface area contributed by atoms with Crippen LogP contribution >= 0.6 is 0 Å². The van der Waals surface area contributed by atoms with Gasteiger partial charge in [-0.15, -0.1) is 0 Å². The van der Waals surface area contributed by atoms with Crippen molar-refractivity contribution in [1.82, 2.24) is 0 Å². The lowest BCUT2D eigenvalue weighted by molar-refractivity contribution is 0.417. The summed E-state index contributed by atoms with van der Waals surface area (Å²) < 4.78 is 32.9. The number of benzene rings is 2. The molecule has 22 heavy (non-hydrogen) atoms. The summed E-state index contributed by atoms with van der Waals surface area (Å²) in [7, 11) is -2.13. The highest BCUT2D eigenvalue weighted by Crippen LogP contribution is 2.30. The minimum Gasteiger partial charge on any atom is -0.495 e. The highest BCUT2D eigenvalue weighted by molar-refractivity contribution is 7.92. The van der Waals surface area contributed by atoms with Crippen LogP contribution in [0.4, 0.5) is 11.4 Å². The average Bonchev–Trinajstić information content (AvgIpc) is 2.86. The van der Waals surface area contributed by atoms with Gasteiger partial charge in [0.1, 0.15) is 5.75 Å². The van der Waals surface area contributed by atoms with Gasteiger partial charge < -0.3 is 10.1 Å². The summed E-state index contributed by atoms with van der Waals surface area (Å²) in [4.78, 5) is 0.257. The van der Waals surface area contributed by atoms with Crippen LogP contribution in [0.2, 0.25) is 0 Å². The topological polar surface area (TPSA) is 67.4 Å². The van der Waals surface area contributed by atoms with Crippen molar-refractivity contribution in [3.8, 4) is 5.75 Å². The molecular weight excluding hydrogens is 300 g/mol. The summed E-state index contributed by atoms with van der Waals surface area (Å²) in [5.41, 5.74) is 2.45. The van der Waals surface area contributed by atoms with Gasteiger partial charge in [-0.3, -0.25) is 4.72 Å². The van der Waals surface area contributed by atoms with Crippen LogP contribution in [0.15, 0.2) is 47.4 Å². The summed E-state index contributed by atoms with van der Waals surface area (Å²) >= 11 is 0. The molecule has 0 unspecified atom stereocenters. The quantitative estimate of drug-likeness (QED) is 0.909. The number of ether oxygens (including phenoxy) is 1. The number of methoxy groups -OCH3 is 1. The highest BCUT2D eigenvalue weighted by atomic mass is 32.2. The standard InChI is InChI=1S/C16H18N2O3S/c1-11-9-12-10-13(7-8-14(12)17-11)22(19,20)18-15-5-3-4-6-16(15)21-2/h3-8,10-11,17-18H,9H2,1-2H3/t11-/m0/s1. The summed E-state index contributed by atoms with van der Waals surface area (Å²) in [5, 5.41) is 3.31. The van der Waals surface area contributed by atoms with E-state index in [2.05, 4.69) is 17.0 Å². The minimum atomic E-state index is -3.64. The summed E-state index contributed by atoms with van der Waals surface area (Å²) in [6.07, 6.45) is 0.827. The Morgan fingerprint density at radius 2 is 2.00 bits per heavy atom. The van der Waals surface area contributed by atoms with E-state index in [0.29, 0.717) is 17.5 Å². The van der Waals surface area contributed by atoms with E-state index in [1.807, 2.05) is 6.07 Å². The predicted octanol–water partition coefficient (Wildman–Crippen LogP) is 2.85. The molecule has 2 N–H and O–H groups in total. The molecule has 0 saturated heterocycles. The second kappa shape index (κ2) is 5.53. The molecular formula is C16H18N2O3S. The Morgan fingerprint density at radius 1 is 1.23 bits per heavy atom. The first-order valence-corrected chi connectivity index (χ1v) is 8.53. The normalized spacial score (nSPS) is 16.7. The molecule has 3 rings (SSSR count). The second-order valence-corrected chi connectivity index (χ2v) is 7.06. The minimum absolute atomic E-state index is 0.257. The SMILES string of the molecule is COc1ccccc1NS(=O)(=O)c1ccc2c(c1)C[C@H](C)N2. The maximum atomic E-state index is 12.6. The molecule has 0 bridgehead atoms. The highest BCUT2D eigenvalue weighted by Gasteiger charge is 2.22. The molecule has 0 saturated carbocycles. The monoisotopic (exact) mass is 318 g/mol. The second-order valence-electron chi connectivity index (χ2n) is 5.37. The summed E-state index contributed by atoms with van der Waals surface area (Å²) in [6, 6.07) is 12.4. The largest absolute Gasteiger partial charge is 0.495 e. The van der Waals surface area contributed by atoms with Crippen molar-refractivity contribution in [3.63, 3.8) is 0 Å². The molecule has 2 aromatic carbocycles. The van der Waals surface area contributed by atoms with Gasteiger partial charge in [-0.1, -0.05) is 12.1 Å². The van der Waals surface area contributed by atoms with Crippen LogP contribution in [0.1, 0.15) is 12.5 Å². The molecule has 1 aliphatic rings. The molecule has 116 valence electrons. The van der Waals surface area contributed by atoms with Gasteiger partial charge in [0.25, 0.3) is 10.0 Å². The third-order valence-electron chi connectivity index (χ3n) is 3.67. The van der Waals surface area contributed by atoms with E-state index in [1.54, 1.807) is 36.4 Å². The zero-order valence-corrected chi connectivity index (χ0v) is 13.3. The molecule has 1 heterocycles. The van der Waals surface area contributed by atoms with Crippen molar-refractivity contribution in [2.24, 2.45) is 0 Å². The number of rotatable bonds is 4. The van der Waals surface area contributed by atoms with E-state index in [4.69, 9.17) is 4.74 Å². The van der Waals surface area contributed by atoms with Gasteiger partial charge in [0.05, 0.1) is 17.7 Å². The lowest BCUT2D eigenvalue weighted by Gasteiger charge is -2.12. The molecule has 1 aliphatic heterocycles. The Balaban J connectivity index is 1.92. The molecule has 2 aromatic rings. The van der Waals surface area contributed by atoms with Crippen molar-refractivity contribution in [1.29, 1.82) is 0 Å². The van der Waals surface area contributed by atoms with Crippen LogP contribution in [0.25, 0.3) is 0 Å². The zero-order chi connectivity index (χ0) is 15.7. The fraction of sp³-hybridized carbons (Fsp3) is 0.250. The molecule has 5 nitrogen and oxygen atoms in total. The van der Waals surface area contributed by atoms with Gasteiger partial charge in [0, 0.05) is 11.7 Å². The number of sulfonamides is 1. The molecule has 0 spiro atoms. The van der Waals surface area contributed by atoms with E-state index < -0.39 is 10.0 Å². The first kappa shape index (κ1) is 14.7. The van der Waals surface area contributed by atoms with Crippen molar-refractivity contribution < 1.29 is 13.2 Å². The first-order chi connectivity index (χ1) is 10.5. The maximum Gasteiger partial charge on any atom is 0.262 e. The number of nitrogens with one attached hydrogen (secondary N) is 2. The van der Waals surface area contributed by atoms with Gasteiger partial charge in [0.2, 0.25) is 0 Å². The van der Waals surface area contributed by atoms with Crippen LogP contribution in [-0.2, 0) is 16.4 Å². The molecule has 1 atom stereocenters. The maximum absolute atomic E-state index is 12.6. The van der Waals surface area contributed by atoms with Gasteiger partial charge in [0.15, 0.2) is 0 Å². The van der Waals surface area contributed by atoms with Gasteiger partial charge >= 0.3 is 0 Å². The summed E-state index contributed by atoms with van der Waals surface area (Å²) in [6.45, 7) is 2.07. The van der Waals surface area contributed by atoms with Crippen molar-refractivity contribution >= 4 is 21.4 Å². The van der Waals surface area contributed by atoms with E-state index in [0.717, 1.165) is 17.7 Å². The van der Waals surface area contributed by atoms with E-state index >= 15 is 0 Å². The van der Waals surface area contributed by atoms with Gasteiger partial charge in [-0.25, -0.2) is 8.42 Å². The Hall–Kier alpha value is -2.21. The molecule has 0 radical (unpaired) electrons. The lowest BCUT2D eigenvalue weighted by atomic mass is 10.1. The number of fused-ring (bicyclic) bond motifs is 1. The third kappa shape index (κ3) is 2.74.